The molecule has 5 nitrogen and oxygen atoms in total. The molecule has 0 saturated heterocycles. The van der Waals surface area contributed by atoms with Crippen LogP contribution in [0.2, 0.25) is 0 Å². The van der Waals surface area contributed by atoms with Gasteiger partial charge in [0.1, 0.15) is 12.4 Å². The minimum atomic E-state index is -0.294. The number of para-hydroxylation sites is 2. The molecule has 21 heavy (non-hydrogen) atoms. The van der Waals surface area contributed by atoms with Crippen molar-refractivity contribution in [3.8, 4) is 5.75 Å². The Bertz CT molecular complexity index is 420. The average molecular weight is 295 g/mol. The molecule has 0 aromatic heterocycles. The fourth-order valence-electron chi connectivity index (χ4n) is 1.56. The summed E-state index contributed by atoms with van der Waals surface area (Å²) in [5, 5.41) is 0. The van der Waals surface area contributed by atoms with E-state index in [0.717, 1.165) is 6.42 Å². The van der Waals surface area contributed by atoms with Crippen LogP contribution in [0.15, 0.2) is 24.3 Å². The maximum Gasteiger partial charge on any atom is 0.309 e. The van der Waals surface area contributed by atoms with Crippen LogP contribution in [0.3, 0.4) is 0 Å². The third-order valence-electron chi connectivity index (χ3n) is 2.81. The minimum absolute atomic E-state index is 0.195. The van der Waals surface area contributed by atoms with Crippen LogP contribution in [0.5, 0.6) is 5.75 Å². The number of esters is 1. The fraction of sp³-hybridized carbons (Fsp3) is 0.562. The van der Waals surface area contributed by atoms with Gasteiger partial charge in [-0.1, -0.05) is 26.0 Å². The molecule has 1 aromatic rings. The van der Waals surface area contributed by atoms with Crippen LogP contribution in [0.25, 0.3) is 0 Å². The molecule has 118 valence electrons. The summed E-state index contributed by atoms with van der Waals surface area (Å²) in [5.74, 6) is 0.911. The van der Waals surface area contributed by atoms with E-state index in [9.17, 15) is 4.79 Å². The molecule has 0 saturated carbocycles. The molecule has 1 rings (SSSR count). The number of nitrogens with two attached hydrogens (primary N) is 1. The van der Waals surface area contributed by atoms with Crippen LogP contribution < -0.4 is 10.5 Å². The predicted octanol–water partition coefficient (Wildman–Crippen LogP) is 2.64. The van der Waals surface area contributed by atoms with Gasteiger partial charge in [-0.2, -0.15) is 0 Å². The number of anilines is 1. The maximum absolute atomic E-state index is 11.5. The van der Waals surface area contributed by atoms with Crippen molar-refractivity contribution in [2.24, 2.45) is 5.92 Å². The second kappa shape index (κ2) is 10.0. The number of carbonyl (C=O) groups is 1. The quantitative estimate of drug-likeness (QED) is 0.408. The zero-order chi connectivity index (χ0) is 15.5. The third kappa shape index (κ3) is 8.19. The molecule has 0 aliphatic rings. The molecular weight excluding hydrogens is 270 g/mol. The zero-order valence-corrected chi connectivity index (χ0v) is 12.8. The van der Waals surface area contributed by atoms with E-state index in [4.69, 9.17) is 19.9 Å². The number of hydrogen-bond donors (Lipinski definition) is 1. The van der Waals surface area contributed by atoms with Crippen molar-refractivity contribution in [3.63, 3.8) is 0 Å². The molecule has 0 fully saturated rings. The monoisotopic (exact) mass is 295 g/mol. The summed E-state index contributed by atoms with van der Waals surface area (Å²) in [7, 11) is 0. The zero-order valence-electron chi connectivity index (χ0n) is 12.8. The SMILES string of the molecule is CC(C)CCOCCOC(=O)CCOc1ccccc1N. The van der Waals surface area contributed by atoms with Crippen molar-refractivity contribution >= 4 is 11.7 Å². The van der Waals surface area contributed by atoms with Gasteiger partial charge in [-0.25, -0.2) is 0 Å². The van der Waals surface area contributed by atoms with Gasteiger partial charge < -0.3 is 19.9 Å². The number of rotatable bonds is 10. The highest BCUT2D eigenvalue weighted by molar-refractivity contribution is 5.69. The Hall–Kier alpha value is -1.75. The Morgan fingerprint density at radius 1 is 1.14 bits per heavy atom. The molecule has 0 aliphatic heterocycles. The summed E-state index contributed by atoms with van der Waals surface area (Å²) >= 11 is 0. The van der Waals surface area contributed by atoms with Crippen LogP contribution in [0.1, 0.15) is 26.7 Å². The van der Waals surface area contributed by atoms with Crippen molar-refractivity contribution in [1.82, 2.24) is 0 Å². The number of benzene rings is 1. The second-order valence-electron chi connectivity index (χ2n) is 5.15. The van der Waals surface area contributed by atoms with Crippen LogP contribution in [0, 0.1) is 5.92 Å². The summed E-state index contributed by atoms with van der Waals surface area (Å²) in [4.78, 5) is 11.5. The van der Waals surface area contributed by atoms with Gasteiger partial charge in [0.15, 0.2) is 0 Å². The van der Waals surface area contributed by atoms with E-state index in [2.05, 4.69) is 13.8 Å². The molecule has 5 heteroatoms. The van der Waals surface area contributed by atoms with E-state index in [1.165, 1.54) is 0 Å². The van der Waals surface area contributed by atoms with E-state index in [0.29, 0.717) is 30.6 Å². The molecule has 0 amide bonds. The highest BCUT2D eigenvalue weighted by Crippen LogP contribution is 2.19. The van der Waals surface area contributed by atoms with Crippen molar-refractivity contribution in [3.05, 3.63) is 24.3 Å². The third-order valence-corrected chi connectivity index (χ3v) is 2.81. The summed E-state index contributed by atoms with van der Waals surface area (Å²) in [6.07, 6.45) is 1.21. The van der Waals surface area contributed by atoms with Gasteiger partial charge in [-0.15, -0.1) is 0 Å². The molecule has 0 atom stereocenters. The molecule has 1 aromatic carbocycles. The lowest BCUT2D eigenvalue weighted by Gasteiger charge is -2.09. The van der Waals surface area contributed by atoms with E-state index in [1.807, 2.05) is 12.1 Å². The maximum atomic E-state index is 11.5. The van der Waals surface area contributed by atoms with Crippen molar-refractivity contribution in [2.45, 2.75) is 26.7 Å². The van der Waals surface area contributed by atoms with Gasteiger partial charge in [0.25, 0.3) is 0 Å². The molecule has 0 bridgehead atoms. The molecular formula is C16H25NO4. The van der Waals surface area contributed by atoms with Crippen molar-refractivity contribution in [1.29, 1.82) is 0 Å². The van der Waals surface area contributed by atoms with Gasteiger partial charge >= 0.3 is 5.97 Å². The average Bonchev–Trinajstić information content (AvgIpc) is 2.44. The van der Waals surface area contributed by atoms with Crippen LogP contribution >= 0.6 is 0 Å². The van der Waals surface area contributed by atoms with Gasteiger partial charge in [0, 0.05) is 6.61 Å². The van der Waals surface area contributed by atoms with Gasteiger partial charge in [-0.3, -0.25) is 4.79 Å². The molecule has 2 N–H and O–H groups in total. The van der Waals surface area contributed by atoms with E-state index < -0.39 is 0 Å². The van der Waals surface area contributed by atoms with E-state index in [-0.39, 0.29) is 25.6 Å². The highest BCUT2D eigenvalue weighted by atomic mass is 16.6. The summed E-state index contributed by atoms with van der Waals surface area (Å²) < 4.78 is 15.8. The Balaban J connectivity index is 2.03. The number of hydrogen-bond acceptors (Lipinski definition) is 5. The highest BCUT2D eigenvalue weighted by Gasteiger charge is 2.05. The Morgan fingerprint density at radius 3 is 2.62 bits per heavy atom. The van der Waals surface area contributed by atoms with Crippen LogP contribution in [-0.2, 0) is 14.3 Å². The first-order valence-electron chi connectivity index (χ1n) is 7.30. The fourth-order valence-corrected chi connectivity index (χ4v) is 1.56. The lowest BCUT2D eigenvalue weighted by molar-refractivity contribution is -0.145. The Kier molecular flexibility index (Phi) is 8.28. The molecule has 0 spiro atoms. The van der Waals surface area contributed by atoms with E-state index in [1.54, 1.807) is 12.1 Å². The Labute approximate surface area is 126 Å². The first-order chi connectivity index (χ1) is 10.1. The molecule has 0 aliphatic carbocycles. The van der Waals surface area contributed by atoms with Gasteiger partial charge in [-0.05, 0) is 24.5 Å². The summed E-state index contributed by atoms with van der Waals surface area (Å²) in [5.41, 5.74) is 6.29. The second-order valence-corrected chi connectivity index (χ2v) is 5.15. The molecule has 0 heterocycles. The lowest BCUT2D eigenvalue weighted by Crippen LogP contribution is -2.14. The molecule has 0 radical (unpaired) electrons. The predicted molar refractivity (Wildman–Crippen MR) is 82.2 cm³/mol. The first-order valence-corrected chi connectivity index (χ1v) is 7.30. The van der Waals surface area contributed by atoms with Crippen LogP contribution in [-0.4, -0.2) is 32.4 Å². The number of ether oxygens (including phenoxy) is 3. The van der Waals surface area contributed by atoms with Gasteiger partial charge in [0.05, 0.1) is 25.3 Å². The summed E-state index contributed by atoms with van der Waals surface area (Å²) in [6.45, 7) is 5.95. The lowest BCUT2D eigenvalue weighted by atomic mass is 10.1. The van der Waals surface area contributed by atoms with Crippen LogP contribution in [0.4, 0.5) is 5.69 Å². The Morgan fingerprint density at radius 2 is 1.90 bits per heavy atom. The topological polar surface area (TPSA) is 70.8 Å². The standard InChI is InChI=1S/C16H25NO4/c1-13(2)7-9-19-11-12-21-16(18)8-10-20-15-6-4-3-5-14(15)17/h3-6,13H,7-12,17H2,1-2H3. The minimum Gasteiger partial charge on any atom is -0.491 e. The molecule has 0 unspecified atom stereocenters. The normalized spacial score (nSPS) is 10.6. The summed E-state index contributed by atoms with van der Waals surface area (Å²) in [6, 6.07) is 7.18. The largest absolute Gasteiger partial charge is 0.491 e. The van der Waals surface area contributed by atoms with E-state index >= 15 is 0 Å². The first kappa shape index (κ1) is 17.3. The van der Waals surface area contributed by atoms with Crippen molar-refractivity contribution < 1.29 is 19.0 Å². The van der Waals surface area contributed by atoms with Gasteiger partial charge in [0.2, 0.25) is 0 Å². The number of carbonyl (C=O) groups excluding carboxylic acids is 1. The smallest absolute Gasteiger partial charge is 0.309 e. The van der Waals surface area contributed by atoms with Crippen molar-refractivity contribution in [2.75, 3.05) is 32.2 Å². The number of nitrogen functional groups attached to an aromatic ring is 1.